The molecule has 0 radical (unpaired) electrons. The lowest BCUT2D eigenvalue weighted by molar-refractivity contribution is -0.117. The van der Waals surface area contributed by atoms with E-state index < -0.39 is 11.5 Å². The van der Waals surface area contributed by atoms with Crippen LogP contribution in [0.4, 0.5) is 5.69 Å². The lowest BCUT2D eigenvalue weighted by Gasteiger charge is -2.48. The number of nitriles is 2. The van der Waals surface area contributed by atoms with Crippen molar-refractivity contribution >= 4 is 11.6 Å². The zero-order chi connectivity index (χ0) is 20.3. The van der Waals surface area contributed by atoms with Crippen LogP contribution in [0, 0.1) is 28.1 Å². The van der Waals surface area contributed by atoms with Gasteiger partial charge in [-0.25, -0.2) is 0 Å². The maximum Gasteiger partial charge on any atom is 0.258 e. The second-order valence-electron chi connectivity index (χ2n) is 7.31. The molecule has 0 saturated heterocycles. The highest BCUT2D eigenvalue weighted by atomic mass is 16.5. The summed E-state index contributed by atoms with van der Waals surface area (Å²) in [5.41, 5.74) is 0.710. The van der Waals surface area contributed by atoms with Crippen LogP contribution in [0.3, 0.4) is 0 Å². The van der Waals surface area contributed by atoms with Gasteiger partial charge < -0.3 is 9.15 Å². The number of benzene rings is 1. The van der Waals surface area contributed by atoms with Gasteiger partial charge >= 0.3 is 0 Å². The molecule has 2 aliphatic heterocycles. The minimum Gasteiger partial charge on any atom is -0.496 e. The molecule has 2 aliphatic rings. The number of amides is 1. The Hall–Kier alpha value is -3.51. The van der Waals surface area contributed by atoms with Gasteiger partial charge in [-0.15, -0.1) is 0 Å². The number of nitrogens with zero attached hydrogens (tertiary/aromatic N) is 3. The van der Waals surface area contributed by atoms with Crippen LogP contribution in [-0.2, 0) is 9.53 Å². The average Bonchev–Trinajstić information content (AvgIpc) is 3.45. The third-order valence-corrected chi connectivity index (χ3v) is 5.80. The van der Waals surface area contributed by atoms with Crippen molar-refractivity contribution in [2.24, 2.45) is 5.41 Å². The summed E-state index contributed by atoms with van der Waals surface area (Å²) in [4.78, 5) is 15.3. The summed E-state index contributed by atoms with van der Waals surface area (Å²) in [6, 6.07) is 17.1. The molecule has 1 unspecified atom stereocenters. The highest BCUT2D eigenvalue weighted by Crippen LogP contribution is 2.57. The summed E-state index contributed by atoms with van der Waals surface area (Å²) in [6.07, 6.45) is 3.65. The normalized spacial score (nSPS) is 20.0. The van der Waals surface area contributed by atoms with Crippen molar-refractivity contribution in [2.75, 3.05) is 11.5 Å². The van der Waals surface area contributed by atoms with E-state index in [1.54, 1.807) is 17.2 Å². The largest absolute Gasteiger partial charge is 0.496 e. The highest BCUT2D eigenvalue weighted by molar-refractivity contribution is 6.08. The van der Waals surface area contributed by atoms with Gasteiger partial charge in [0, 0.05) is 24.9 Å². The fourth-order valence-electron chi connectivity index (χ4n) is 4.62. The second-order valence-corrected chi connectivity index (χ2v) is 7.31. The smallest absolute Gasteiger partial charge is 0.258 e. The molecule has 0 saturated carbocycles. The Bertz CT molecular complexity index is 978. The van der Waals surface area contributed by atoms with Gasteiger partial charge in [0.2, 0.25) is 0 Å². The van der Waals surface area contributed by atoms with Crippen LogP contribution >= 0.6 is 0 Å². The number of hydrogen-bond donors (Lipinski definition) is 0. The highest BCUT2D eigenvalue weighted by Gasteiger charge is 2.56. The van der Waals surface area contributed by atoms with Crippen molar-refractivity contribution in [3.8, 4) is 12.1 Å². The van der Waals surface area contributed by atoms with Gasteiger partial charge in [-0.2, -0.15) is 10.5 Å². The van der Waals surface area contributed by atoms with Crippen molar-refractivity contribution in [1.29, 1.82) is 10.5 Å². The number of carbonyl (C=O) groups is 1. The standard InChI is InChI=1S/C23H21N3O3/c24-13-5-11-23(12-6-14-25)20(19-9-4-15-28-19)26(17-7-2-1-3-8-17)22(27)18-10-16-29-21(18)23/h1-4,7-9,15,20H,5-6,10-12,16H2. The van der Waals surface area contributed by atoms with Crippen molar-refractivity contribution in [3.05, 3.63) is 65.8 Å². The summed E-state index contributed by atoms with van der Waals surface area (Å²) < 4.78 is 11.8. The fraction of sp³-hybridized carbons (Fsp3) is 0.348. The van der Waals surface area contributed by atoms with Crippen LogP contribution in [-0.4, -0.2) is 12.5 Å². The maximum atomic E-state index is 13.6. The molecule has 29 heavy (non-hydrogen) atoms. The average molecular weight is 387 g/mol. The molecule has 0 aliphatic carbocycles. The van der Waals surface area contributed by atoms with Gasteiger partial charge in [0.05, 0.1) is 36.0 Å². The van der Waals surface area contributed by atoms with E-state index in [0.717, 1.165) is 5.69 Å². The molecule has 4 rings (SSSR count). The topological polar surface area (TPSA) is 90.3 Å². The first-order valence-corrected chi connectivity index (χ1v) is 9.75. The van der Waals surface area contributed by atoms with E-state index in [1.165, 1.54) is 0 Å². The van der Waals surface area contributed by atoms with Crippen LogP contribution < -0.4 is 4.90 Å². The molecule has 0 fully saturated rings. The number of carbonyl (C=O) groups excluding carboxylic acids is 1. The zero-order valence-corrected chi connectivity index (χ0v) is 16.0. The molecule has 2 aromatic rings. The molecule has 1 aromatic carbocycles. The lowest BCUT2D eigenvalue weighted by Crippen LogP contribution is -2.50. The molecule has 6 nitrogen and oxygen atoms in total. The fourth-order valence-corrected chi connectivity index (χ4v) is 4.62. The van der Waals surface area contributed by atoms with Crippen LogP contribution in [0.15, 0.2) is 64.5 Å². The van der Waals surface area contributed by atoms with Gasteiger partial charge in [-0.3, -0.25) is 9.69 Å². The summed E-state index contributed by atoms with van der Waals surface area (Å²) in [6.45, 7) is 0.435. The Morgan fingerprint density at radius 3 is 2.41 bits per heavy atom. The monoisotopic (exact) mass is 387 g/mol. The van der Waals surface area contributed by atoms with Gasteiger partial charge in [0.1, 0.15) is 17.6 Å². The number of hydrogen-bond acceptors (Lipinski definition) is 5. The third kappa shape index (κ3) is 3.07. The van der Waals surface area contributed by atoms with E-state index in [0.29, 0.717) is 55.8 Å². The maximum absolute atomic E-state index is 13.6. The number of para-hydroxylation sites is 1. The van der Waals surface area contributed by atoms with Gasteiger partial charge in [0.15, 0.2) is 0 Å². The Morgan fingerprint density at radius 2 is 1.79 bits per heavy atom. The van der Waals surface area contributed by atoms with Gasteiger partial charge in [-0.05, 0) is 37.1 Å². The molecule has 1 atom stereocenters. The molecule has 1 aromatic heterocycles. The molecule has 0 N–H and O–H groups in total. The van der Waals surface area contributed by atoms with Crippen molar-refractivity contribution in [1.82, 2.24) is 0 Å². The SMILES string of the molecule is N#CCCC1(CCC#N)C2=C(CCO2)C(=O)N(c2ccccc2)C1c1ccco1. The Morgan fingerprint density at radius 1 is 1.07 bits per heavy atom. The predicted octanol–water partition coefficient (Wildman–Crippen LogP) is 4.64. The lowest BCUT2D eigenvalue weighted by atomic mass is 9.66. The van der Waals surface area contributed by atoms with Crippen molar-refractivity contribution < 1.29 is 13.9 Å². The zero-order valence-electron chi connectivity index (χ0n) is 16.0. The number of ether oxygens (including phenoxy) is 1. The Balaban J connectivity index is 1.97. The molecular formula is C23H21N3O3. The van der Waals surface area contributed by atoms with E-state index in [1.807, 2.05) is 36.4 Å². The third-order valence-electron chi connectivity index (χ3n) is 5.80. The first-order valence-electron chi connectivity index (χ1n) is 9.75. The molecule has 3 heterocycles. The van der Waals surface area contributed by atoms with E-state index in [-0.39, 0.29) is 5.91 Å². The molecular weight excluding hydrogens is 366 g/mol. The molecule has 0 bridgehead atoms. The Labute approximate surface area is 169 Å². The minimum absolute atomic E-state index is 0.102. The molecule has 0 spiro atoms. The van der Waals surface area contributed by atoms with E-state index in [9.17, 15) is 15.3 Å². The molecule has 6 heteroatoms. The van der Waals surface area contributed by atoms with Crippen molar-refractivity contribution in [2.45, 2.75) is 38.1 Å². The summed E-state index contributed by atoms with van der Waals surface area (Å²) in [7, 11) is 0. The Kier molecular flexibility index (Phi) is 5.10. The summed E-state index contributed by atoms with van der Waals surface area (Å²) in [5.74, 6) is 1.16. The quantitative estimate of drug-likeness (QED) is 0.720. The number of rotatable bonds is 6. The van der Waals surface area contributed by atoms with E-state index in [4.69, 9.17) is 9.15 Å². The second kappa shape index (κ2) is 7.85. The summed E-state index contributed by atoms with van der Waals surface area (Å²) >= 11 is 0. The van der Waals surface area contributed by atoms with Crippen LogP contribution in [0.25, 0.3) is 0 Å². The number of anilines is 1. The minimum atomic E-state index is -0.696. The number of furan rings is 1. The predicted molar refractivity (Wildman–Crippen MR) is 105 cm³/mol. The first kappa shape index (κ1) is 18.8. The molecule has 1 amide bonds. The first-order chi connectivity index (χ1) is 14.2. The van der Waals surface area contributed by atoms with Crippen LogP contribution in [0.1, 0.15) is 43.9 Å². The van der Waals surface area contributed by atoms with Crippen LogP contribution in [0.2, 0.25) is 0 Å². The van der Waals surface area contributed by atoms with Crippen molar-refractivity contribution in [3.63, 3.8) is 0 Å². The van der Waals surface area contributed by atoms with Gasteiger partial charge in [0.25, 0.3) is 5.91 Å². The summed E-state index contributed by atoms with van der Waals surface area (Å²) in [5, 5.41) is 18.7. The molecule has 146 valence electrons. The van der Waals surface area contributed by atoms with Gasteiger partial charge in [-0.1, -0.05) is 18.2 Å². The van der Waals surface area contributed by atoms with Crippen LogP contribution in [0.5, 0.6) is 0 Å². The van der Waals surface area contributed by atoms with E-state index >= 15 is 0 Å². The van der Waals surface area contributed by atoms with E-state index in [2.05, 4.69) is 12.1 Å².